The van der Waals surface area contributed by atoms with Gasteiger partial charge in [0, 0.05) is 57.7 Å². The Morgan fingerprint density at radius 2 is 1.83 bits per heavy atom. The number of benzene rings is 1. The number of aromatic nitrogens is 4. The molecule has 2 fully saturated rings. The van der Waals surface area contributed by atoms with Gasteiger partial charge in [0.15, 0.2) is 0 Å². The predicted octanol–water partition coefficient (Wildman–Crippen LogP) is 2.57. The van der Waals surface area contributed by atoms with E-state index >= 15 is 0 Å². The third kappa shape index (κ3) is 3.67. The van der Waals surface area contributed by atoms with E-state index in [1.807, 2.05) is 28.6 Å². The monoisotopic (exact) mass is 392 g/mol. The van der Waals surface area contributed by atoms with Crippen molar-refractivity contribution in [3.05, 3.63) is 53.1 Å². The summed E-state index contributed by atoms with van der Waals surface area (Å²) in [5.74, 6) is 0. The minimum Gasteiger partial charge on any atom is -0.369 e. The fraction of sp³-hybridized carbons (Fsp3) is 0.500. The molecule has 0 N–H and O–H groups in total. The molecule has 152 valence electrons. The van der Waals surface area contributed by atoms with E-state index in [1.165, 1.54) is 12.8 Å². The summed E-state index contributed by atoms with van der Waals surface area (Å²) in [6.45, 7) is 4.85. The van der Waals surface area contributed by atoms with Crippen molar-refractivity contribution in [1.29, 1.82) is 0 Å². The molecule has 29 heavy (non-hydrogen) atoms. The number of anilines is 1. The molecule has 2 aromatic heterocycles. The van der Waals surface area contributed by atoms with Gasteiger partial charge in [-0.15, -0.1) is 0 Å². The molecule has 0 spiro atoms. The molecule has 5 rings (SSSR count). The van der Waals surface area contributed by atoms with Crippen molar-refractivity contribution in [2.24, 2.45) is 7.05 Å². The van der Waals surface area contributed by atoms with Crippen LogP contribution in [0, 0.1) is 0 Å². The zero-order valence-electron chi connectivity index (χ0n) is 17.0. The van der Waals surface area contributed by atoms with Gasteiger partial charge in [-0.25, -0.2) is 9.97 Å². The lowest BCUT2D eigenvalue weighted by atomic mass is 10.1. The molecule has 1 aliphatic heterocycles. The van der Waals surface area contributed by atoms with Crippen molar-refractivity contribution >= 4 is 16.6 Å². The number of aryl methyl sites for hydroxylation is 1. The van der Waals surface area contributed by atoms with Crippen molar-refractivity contribution < 1.29 is 0 Å². The maximum Gasteiger partial charge on any atom is 0.261 e. The lowest BCUT2D eigenvalue weighted by Crippen LogP contribution is -2.46. The van der Waals surface area contributed by atoms with Crippen LogP contribution in [0.4, 0.5) is 5.69 Å². The van der Waals surface area contributed by atoms with Crippen molar-refractivity contribution in [2.45, 2.75) is 38.3 Å². The van der Waals surface area contributed by atoms with Crippen LogP contribution in [0.1, 0.15) is 37.4 Å². The smallest absolute Gasteiger partial charge is 0.261 e. The Morgan fingerprint density at radius 3 is 2.55 bits per heavy atom. The Bertz CT molecular complexity index is 1060. The van der Waals surface area contributed by atoms with Crippen LogP contribution in [0.25, 0.3) is 10.9 Å². The van der Waals surface area contributed by atoms with Crippen LogP contribution in [-0.4, -0.2) is 50.2 Å². The van der Waals surface area contributed by atoms with Crippen LogP contribution < -0.4 is 10.5 Å². The topological polar surface area (TPSA) is 59.2 Å². The third-order valence-corrected chi connectivity index (χ3v) is 6.37. The van der Waals surface area contributed by atoms with Crippen LogP contribution in [0.3, 0.4) is 0 Å². The highest BCUT2D eigenvalue weighted by Crippen LogP contribution is 2.28. The third-order valence-electron chi connectivity index (χ3n) is 6.37. The van der Waals surface area contributed by atoms with E-state index in [0.29, 0.717) is 6.04 Å². The summed E-state index contributed by atoms with van der Waals surface area (Å²) in [6, 6.07) is 6.44. The minimum absolute atomic E-state index is 0.105. The molecular weight excluding hydrogens is 364 g/mol. The summed E-state index contributed by atoms with van der Waals surface area (Å²) >= 11 is 0. The Kier molecular flexibility index (Phi) is 4.83. The fourth-order valence-electron chi connectivity index (χ4n) is 4.70. The summed E-state index contributed by atoms with van der Waals surface area (Å²) in [4.78, 5) is 26.8. The molecule has 0 bridgehead atoms. The van der Waals surface area contributed by atoms with Crippen molar-refractivity contribution in [2.75, 3.05) is 31.1 Å². The molecular formula is C22H28N6O. The number of hydrogen-bond acceptors (Lipinski definition) is 5. The maximum absolute atomic E-state index is 12.9. The Balaban J connectivity index is 1.29. The molecule has 3 heterocycles. The second-order valence-corrected chi connectivity index (χ2v) is 8.39. The van der Waals surface area contributed by atoms with E-state index < -0.39 is 0 Å². The first-order valence-electron chi connectivity index (χ1n) is 10.6. The van der Waals surface area contributed by atoms with Gasteiger partial charge in [-0.1, -0.05) is 12.8 Å². The average molecular weight is 393 g/mol. The second-order valence-electron chi connectivity index (χ2n) is 8.39. The molecule has 1 aliphatic carbocycles. The van der Waals surface area contributed by atoms with Gasteiger partial charge < -0.3 is 9.47 Å². The van der Waals surface area contributed by atoms with Gasteiger partial charge in [0.1, 0.15) is 0 Å². The average Bonchev–Trinajstić information content (AvgIpc) is 3.41. The van der Waals surface area contributed by atoms with Crippen molar-refractivity contribution in [3.63, 3.8) is 0 Å². The lowest BCUT2D eigenvalue weighted by molar-refractivity contribution is 0.247. The Morgan fingerprint density at radius 1 is 1.03 bits per heavy atom. The quantitative estimate of drug-likeness (QED) is 0.683. The summed E-state index contributed by atoms with van der Waals surface area (Å²) in [5, 5.41) is 0.733. The first-order chi connectivity index (χ1) is 14.2. The first kappa shape index (κ1) is 18.4. The summed E-state index contributed by atoms with van der Waals surface area (Å²) in [6.07, 6.45) is 10.3. The van der Waals surface area contributed by atoms with E-state index in [-0.39, 0.29) is 5.56 Å². The summed E-state index contributed by atoms with van der Waals surface area (Å²) in [5.41, 5.74) is 3.18. The van der Waals surface area contributed by atoms with Crippen LogP contribution in [-0.2, 0) is 13.6 Å². The number of rotatable bonds is 4. The molecule has 1 aromatic carbocycles. The van der Waals surface area contributed by atoms with Crippen molar-refractivity contribution in [1.82, 2.24) is 24.0 Å². The van der Waals surface area contributed by atoms with E-state index in [4.69, 9.17) is 0 Å². The van der Waals surface area contributed by atoms with Gasteiger partial charge in [-0.05, 0) is 31.0 Å². The number of hydrogen-bond donors (Lipinski definition) is 0. The van der Waals surface area contributed by atoms with Crippen LogP contribution >= 0.6 is 0 Å². The van der Waals surface area contributed by atoms with E-state index in [9.17, 15) is 4.79 Å². The van der Waals surface area contributed by atoms with Gasteiger partial charge in [-0.2, -0.15) is 0 Å². The highest BCUT2D eigenvalue weighted by Gasteiger charge is 2.21. The number of nitrogens with zero attached hydrogens (tertiary/aromatic N) is 6. The maximum atomic E-state index is 12.9. The van der Waals surface area contributed by atoms with Crippen molar-refractivity contribution in [3.8, 4) is 0 Å². The lowest BCUT2D eigenvalue weighted by Gasteiger charge is -2.35. The van der Waals surface area contributed by atoms with Crippen LogP contribution in [0.5, 0.6) is 0 Å². The molecule has 3 aromatic rings. The number of imidazole rings is 1. The molecule has 0 atom stereocenters. The van der Waals surface area contributed by atoms with E-state index in [0.717, 1.165) is 67.8 Å². The SMILES string of the molecule is Cn1cnc(CN2CCN(c3ccc4c(=O)n(C5CCCC5)cnc4c3)CC2)c1. The highest BCUT2D eigenvalue weighted by molar-refractivity contribution is 5.81. The summed E-state index contributed by atoms with van der Waals surface area (Å²) < 4.78 is 3.85. The van der Waals surface area contributed by atoms with Gasteiger partial charge in [0.05, 0.1) is 29.3 Å². The van der Waals surface area contributed by atoms with Gasteiger partial charge >= 0.3 is 0 Å². The normalized spacial score (nSPS) is 18.7. The number of piperazine rings is 1. The largest absolute Gasteiger partial charge is 0.369 e. The molecule has 1 saturated heterocycles. The Hall–Kier alpha value is -2.67. The molecule has 7 nitrogen and oxygen atoms in total. The minimum atomic E-state index is 0.105. The molecule has 0 radical (unpaired) electrons. The highest BCUT2D eigenvalue weighted by atomic mass is 16.1. The van der Waals surface area contributed by atoms with Gasteiger partial charge in [-0.3, -0.25) is 14.3 Å². The van der Waals surface area contributed by atoms with Gasteiger partial charge in [0.2, 0.25) is 0 Å². The number of fused-ring (bicyclic) bond motifs is 1. The zero-order chi connectivity index (χ0) is 19.8. The Labute approximate surface area is 170 Å². The van der Waals surface area contributed by atoms with Crippen LogP contribution in [0.15, 0.2) is 41.8 Å². The van der Waals surface area contributed by atoms with E-state index in [1.54, 1.807) is 6.33 Å². The predicted molar refractivity (Wildman–Crippen MR) is 114 cm³/mol. The molecule has 2 aliphatic rings. The summed E-state index contributed by atoms with van der Waals surface area (Å²) in [7, 11) is 2.00. The molecule has 0 amide bonds. The second kappa shape index (κ2) is 7.63. The van der Waals surface area contributed by atoms with Gasteiger partial charge in [0.25, 0.3) is 5.56 Å². The standard InChI is InChI=1S/C22H28N6O/c1-25-13-17(23-15-25)14-26-8-10-27(11-9-26)19-6-7-20-21(12-19)24-16-28(22(20)29)18-4-2-3-5-18/h6-7,12-13,15-16,18H,2-5,8-11,14H2,1H3. The molecule has 1 saturated carbocycles. The van der Waals surface area contributed by atoms with Crippen LogP contribution in [0.2, 0.25) is 0 Å². The fourth-order valence-corrected chi connectivity index (χ4v) is 4.70. The molecule has 7 heteroatoms. The van der Waals surface area contributed by atoms with E-state index in [2.05, 4.69) is 38.1 Å². The zero-order valence-corrected chi connectivity index (χ0v) is 17.0. The first-order valence-corrected chi connectivity index (χ1v) is 10.6. The molecule has 0 unspecified atom stereocenters.